The predicted octanol–water partition coefficient (Wildman–Crippen LogP) is 4.60. The van der Waals surface area contributed by atoms with Crippen LogP contribution in [-0.4, -0.2) is 12.9 Å². The fourth-order valence-corrected chi connectivity index (χ4v) is 2.97. The number of benzene rings is 2. The molecule has 98 valence electrons. The van der Waals surface area contributed by atoms with Crippen LogP contribution < -0.4 is 4.74 Å². The maximum absolute atomic E-state index is 12.6. The van der Waals surface area contributed by atoms with Gasteiger partial charge in [-0.3, -0.25) is 4.79 Å². The van der Waals surface area contributed by atoms with Crippen molar-refractivity contribution in [1.82, 2.24) is 0 Å². The molecule has 0 N–H and O–H groups in total. The standard InChI is InChI=1S/C15H12BrIO2/c1-9-3-5-11(13(16)7-9)15(18)12-8-10(17)4-6-14(12)19-2/h3-8H,1-2H3. The van der Waals surface area contributed by atoms with Crippen molar-refractivity contribution in [2.75, 3.05) is 7.11 Å². The molecule has 0 aliphatic heterocycles. The van der Waals surface area contributed by atoms with Crippen molar-refractivity contribution in [3.05, 3.63) is 61.1 Å². The maximum Gasteiger partial charge on any atom is 0.197 e. The molecule has 0 atom stereocenters. The smallest absolute Gasteiger partial charge is 0.197 e. The molecule has 0 bridgehead atoms. The average Bonchev–Trinajstić information content (AvgIpc) is 2.38. The van der Waals surface area contributed by atoms with Crippen LogP contribution in [0.4, 0.5) is 0 Å². The molecule has 2 aromatic rings. The van der Waals surface area contributed by atoms with Crippen LogP contribution in [0.25, 0.3) is 0 Å². The van der Waals surface area contributed by atoms with E-state index in [0.717, 1.165) is 13.6 Å². The zero-order valence-corrected chi connectivity index (χ0v) is 14.3. The van der Waals surface area contributed by atoms with E-state index in [9.17, 15) is 4.79 Å². The number of aryl methyl sites for hydroxylation is 1. The minimum atomic E-state index is -0.0396. The molecule has 2 nitrogen and oxygen atoms in total. The predicted molar refractivity (Wildman–Crippen MR) is 88.0 cm³/mol. The van der Waals surface area contributed by atoms with E-state index in [4.69, 9.17) is 4.74 Å². The molecular formula is C15H12BrIO2. The van der Waals surface area contributed by atoms with E-state index >= 15 is 0 Å². The third kappa shape index (κ3) is 3.17. The monoisotopic (exact) mass is 430 g/mol. The molecule has 4 heteroatoms. The summed E-state index contributed by atoms with van der Waals surface area (Å²) in [4.78, 5) is 12.6. The third-order valence-electron chi connectivity index (χ3n) is 2.78. The first-order valence-electron chi connectivity index (χ1n) is 5.67. The normalized spacial score (nSPS) is 10.3. The van der Waals surface area contributed by atoms with E-state index in [1.165, 1.54) is 0 Å². The first-order valence-corrected chi connectivity index (χ1v) is 7.54. The number of hydrogen-bond acceptors (Lipinski definition) is 2. The van der Waals surface area contributed by atoms with E-state index in [-0.39, 0.29) is 5.78 Å². The lowest BCUT2D eigenvalue weighted by molar-refractivity contribution is 0.103. The molecule has 0 saturated carbocycles. The fourth-order valence-electron chi connectivity index (χ4n) is 1.81. The molecular weight excluding hydrogens is 419 g/mol. The highest BCUT2D eigenvalue weighted by Gasteiger charge is 2.17. The van der Waals surface area contributed by atoms with Gasteiger partial charge in [0.05, 0.1) is 12.7 Å². The quantitative estimate of drug-likeness (QED) is 0.525. The Hall–Kier alpha value is -0.880. The van der Waals surface area contributed by atoms with Gasteiger partial charge in [0.1, 0.15) is 5.75 Å². The van der Waals surface area contributed by atoms with Crippen molar-refractivity contribution in [3.63, 3.8) is 0 Å². The molecule has 0 unspecified atom stereocenters. The molecule has 19 heavy (non-hydrogen) atoms. The number of ketones is 1. The summed E-state index contributed by atoms with van der Waals surface area (Å²) in [6.45, 7) is 1.99. The molecule has 2 aromatic carbocycles. The molecule has 0 saturated heterocycles. The fraction of sp³-hybridized carbons (Fsp3) is 0.133. The Morgan fingerprint density at radius 2 is 1.89 bits per heavy atom. The molecule has 0 radical (unpaired) electrons. The first-order chi connectivity index (χ1) is 9.02. The van der Waals surface area contributed by atoms with Gasteiger partial charge in [0.25, 0.3) is 0 Å². The number of halogens is 2. The summed E-state index contributed by atoms with van der Waals surface area (Å²) >= 11 is 5.63. The summed E-state index contributed by atoms with van der Waals surface area (Å²) in [5.74, 6) is 0.556. The van der Waals surface area contributed by atoms with Gasteiger partial charge in [-0.2, -0.15) is 0 Å². The number of rotatable bonds is 3. The van der Waals surface area contributed by atoms with E-state index in [1.54, 1.807) is 7.11 Å². The average molecular weight is 431 g/mol. The summed E-state index contributed by atoms with van der Waals surface area (Å²) < 4.78 is 7.08. The van der Waals surface area contributed by atoms with Crippen LogP contribution >= 0.6 is 38.5 Å². The van der Waals surface area contributed by atoms with E-state index in [2.05, 4.69) is 38.5 Å². The summed E-state index contributed by atoms with van der Waals surface area (Å²) in [5.41, 5.74) is 2.34. The lowest BCUT2D eigenvalue weighted by Gasteiger charge is -2.10. The van der Waals surface area contributed by atoms with Gasteiger partial charge in [0.2, 0.25) is 0 Å². The van der Waals surface area contributed by atoms with Crippen molar-refractivity contribution in [2.24, 2.45) is 0 Å². The van der Waals surface area contributed by atoms with Gasteiger partial charge in [-0.15, -0.1) is 0 Å². The second kappa shape index (κ2) is 6.05. The Morgan fingerprint density at radius 1 is 1.16 bits per heavy atom. The molecule has 0 spiro atoms. The van der Waals surface area contributed by atoms with E-state index in [0.29, 0.717) is 16.9 Å². The second-order valence-electron chi connectivity index (χ2n) is 4.16. The van der Waals surface area contributed by atoms with Crippen LogP contribution in [0.2, 0.25) is 0 Å². The summed E-state index contributed by atoms with van der Waals surface area (Å²) in [7, 11) is 1.57. The lowest BCUT2D eigenvalue weighted by Crippen LogP contribution is -2.05. The van der Waals surface area contributed by atoms with Gasteiger partial charge < -0.3 is 4.74 Å². The van der Waals surface area contributed by atoms with Crippen molar-refractivity contribution in [2.45, 2.75) is 6.92 Å². The second-order valence-corrected chi connectivity index (χ2v) is 6.26. The van der Waals surface area contributed by atoms with Crippen LogP contribution in [0, 0.1) is 10.5 Å². The molecule has 0 heterocycles. The van der Waals surface area contributed by atoms with Crippen LogP contribution in [-0.2, 0) is 0 Å². The van der Waals surface area contributed by atoms with Gasteiger partial charge >= 0.3 is 0 Å². The molecule has 0 aliphatic rings. The van der Waals surface area contributed by atoms with Crippen LogP contribution in [0.15, 0.2) is 40.9 Å². The number of hydrogen-bond donors (Lipinski definition) is 0. The Morgan fingerprint density at radius 3 is 2.53 bits per heavy atom. The Labute approximate surface area is 134 Å². The largest absolute Gasteiger partial charge is 0.496 e. The van der Waals surface area contributed by atoms with Crippen LogP contribution in [0.3, 0.4) is 0 Å². The molecule has 0 aromatic heterocycles. The number of ether oxygens (including phenoxy) is 1. The molecule has 2 rings (SSSR count). The van der Waals surface area contributed by atoms with Gasteiger partial charge in [-0.25, -0.2) is 0 Å². The zero-order chi connectivity index (χ0) is 14.0. The Balaban J connectivity index is 2.52. The number of carbonyl (C=O) groups is 1. The highest BCUT2D eigenvalue weighted by molar-refractivity contribution is 14.1. The number of methoxy groups -OCH3 is 1. The zero-order valence-electron chi connectivity index (χ0n) is 10.5. The minimum absolute atomic E-state index is 0.0396. The molecule has 0 fully saturated rings. The Bertz CT molecular complexity index is 638. The summed E-state index contributed by atoms with van der Waals surface area (Å²) in [6.07, 6.45) is 0. The van der Waals surface area contributed by atoms with Crippen molar-refractivity contribution < 1.29 is 9.53 Å². The topological polar surface area (TPSA) is 26.3 Å². The first kappa shape index (κ1) is 14.5. The highest BCUT2D eigenvalue weighted by atomic mass is 127. The molecule has 0 aliphatic carbocycles. The van der Waals surface area contributed by atoms with Crippen molar-refractivity contribution in [1.29, 1.82) is 0 Å². The summed E-state index contributed by atoms with van der Waals surface area (Å²) in [5, 5.41) is 0. The SMILES string of the molecule is COc1ccc(I)cc1C(=O)c1ccc(C)cc1Br. The van der Waals surface area contributed by atoms with Crippen LogP contribution in [0.1, 0.15) is 21.5 Å². The highest BCUT2D eigenvalue weighted by Crippen LogP contribution is 2.27. The van der Waals surface area contributed by atoms with E-state index in [1.807, 2.05) is 43.3 Å². The van der Waals surface area contributed by atoms with Gasteiger partial charge in [-0.1, -0.05) is 22.0 Å². The van der Waals surface area contributed by atoms with Crippen molar-refractivity contribution in [3.8, 4) is 5.75 Å². The van der Waals surface area contributed by atoms with Gasteiger partial charge in [0.15, 0.2) is 5.78 Å². The minimum Gasteiger partial charge on any atom is -0.496 e. The number of carbonyl (C=O) groups excluding carboxylic acids is 1. The lowest BCUT2D eigenvalue weighted by atomic mass is 10.0. The summed E-state index contributed by atoms with van der Waals surface area (Å²) in [6, 6.07) is 11.3. The third-order valence-corrected chi connectivity index (χ3v) is 4.10. The van der Waals surface area contributed by atoms with Gasteiger partial charge in [0, 0.05) is 13.6 Å². The maximum atomic E-state index is 12.6. The van der Waals surface area contributed by atoms with Crippen molar-refractivity contribution >= 4 is 44.3 Å². The molecule has 0 amide bonds. The van der Waals surface area contributed by atoms with Crippen LogP contribution in [0.5, 0.6) is 5.75 Å². The van der Waals surface area contributed by atoms with E-state index < -0.39 is 0 Å². The Kier molecular flexibility index (Phi) is 4.62. The van der Waals surface area contributed by atoms with Gasteiger partial charge in [-0.05, 0) is 65.4 Å².